The Bertz CT molecular complexity index is 908. The highest BCUT2D eigenvalue weighted by molar-refractivity contribution is 6.04. The Labute approximate surface area is 150 Å². The molecule has 128 valence electrons. The third kappa shape index (κ3) is 4.61. The number of carbonyl (C=O) groups is 2. The van der Waals surface area contributed by atoms with Crippen LogP contribution in [0.25, 0.3) is 0 Å². The lowest BCUT2D eigenvalue weighted by molar-refractivity contribution is 0.0954. The second kappa shape index (κ2) is 8.34. The van der Waals surface area contributed by atoms with Crippen LogP contribution in [0, 0.1) is 0 Å². The van der Waals surface area contributed by atoms with Crippen molar-refractivity contribution in [3.8, 4) is 0 Å². The molecule has 0 radical (unpaired) electrons. The number of nitrogens with zero attached hydrogens (tertiary/aromatic N) is 2. The normalized spacial score (nSPS) is 10.5. The molecule has 0 aliphatic heterocycles. The Kier molecular flexibility index (Phi) is 5.47. The van der Waals surface area contributed by atoms with Gasteiger partial charge in [0.2, 0.25) is 0 Å². The quantitative estimate of drug-likeness (QED) is 0.551. The van der Waals surface area contributed by atoms with Crippen LogP contribution in [-0.4, -0.2) is 23.0 Å². The Balaban J connectivity index is 1.57. The van der Waals surface area contributed by atoms with Gasteiger partial charge in [-0.1, -0.05) is 30.3 Å². The minimum absolute atomic E-state index is 0.190. The summed E-state index contributed by atoms with van der Waals surface area (Å²) < 4.78 is 0. The van der Waals surface area contributed by atoms with E-state index < -0.39 is 0 Å². The number of carbonyl (C=O) groups excluding carboxylic acids is 2. The van der Waals surface area contributed by atoms with Gasteiger partial charge in [0, 0.05) is 23.6 Å². The van der Waals surface area contributed by atoms with E-state index in [9.17, 15) is 9.59 Å². The van der Waals surface area contributed by atoms with Gasteiger partial charge in [-0.15, -0.1) is 0 Å². The second-order valence-electron chi connectivity index (χ2n) is 5.38. The summed E-state index contributed by atoms with van der Waals surface area (Å²) in [6.07, 6.45) is 4.56. The molecule has 1 aromatic heterocycles. The van der Waals surface area contributed by atoms with Gasteiger partial charge < -0.3 is 5.32 Å². The smallest absolute Gasteiger partial charge is 0.272 e. The average molecular weight is 344 g/mol. The molecule has 0 unspecified atom stereocenters. The summed E-state index contributed by atoms with van der Waals surface area (Å²) in [4.78, 5) is 27.9. The summed E-state index contributed by atoms with van der Waals surface area (Å²) in [7, 11) is 0. The number of hydrogen-bond acceptors (Lipinski definition) is 4. The monoisotopic (exact) mass is 344 g/mol. The summed E-state index contributed by atoms with van der Waals surface area (Å²) in [5.74, 6) is -0.530. The van der Waals surface area contributed by atoms with Crippen molar-refractivity contribution in [3.05, 3.63) is 95.8 Å². The number of hydrogen-bond donors (Lipinski definition) is 2. The molecule has 2 amide bonds. The van der Waals surface area contributed by atoms with Crippen molar-refractivity contribution in [2.75, 3.05) is 5.32 Å². The molecule has 3 rings (SSSR count). The minimum atomic E-state index is -0.340. The maximum absolute atomic E-state index is 12.2. The standard InChI is InChI=1S/C20H16N4O2/c25-19(23-18-6-2-1-3-7-18)16-10-8-15(9-11-16)13-22-24-20(26)17-5-4-12-21-14-17/h1-14H,(H,23,25)(H,24,26)/b22-13+. The van der Waals surface area contributed by atoms with Gasteiger partial charge >= 0.3 is 0 Å². The van der Waals surface area contributed by atoms with Crippen molar-refractivity contribution in [2.24, 2.45) is 5.10 Å². The zero-order valence-electron chi connectivity index (χ0n) is 13.8. The Morgan fingerprint density at radius 2 is 1.62 bits per heavy atom. The highest BCUT2D eigenvalue weighted by Gasteiger charge is 2.05. The summed E-state index contributed by atoms with van der Waals surface area (Å²) in [6, 6.07) is 19.5. The number of hydrazone groups is 1. The molecule has 0 bridgehead atoms. The lowest BCUT2D eigenvalue weighted by Crippen LogP contribution is -2.17. The first-order valence-electron chi connectivity index (χ1n) is 7.92. The summed E-state index contributed by atoms with van der Waals surface area (Å²) >= 11 is 0. The van der Waals surface area contributed by atoms with E-state index in [1.54, 1.807) is 42.6 Å². The van der Waals surface area contributed by atoms with Gasteiger partial charge in [-0.25, -0.2) is 5.43 Å². The van der Waals surface area contributed by atoms with Crippen LogP contribution in [0.3, 0.4) is 0 Å². The van der Waals surface area contributed by atoms with Gasteiger partial charge in [0.1, 0.15) is 0 Å². The van der Waals surface area contributed by atoms with Crippen molar-refractivity contribution < 1.29 is 9.59 Å². The molecule has 2 aromatic carbocycles. The van der Waals surface area contributed by atoms with E-state index in [0.29, 0.717) is 11.1 Å². The van der Waals surface area contributed by atoms with Crippen LogP contribution in [0.2, 0.25) is 0 Å². The summed E-state index contributed by atoms with van der Waals surface area (Å²) in [5.41, 5.74) is 4.88. The van der Waals surface area contributed by atoms with E-state index in [1.165, 1.54) is 12.4 Å². The molecule has 0 saturated carbocycles. The number of rotatable bonds is 5. The number of anilines is 1. The number of para-hydroxylation sites is 1. The first kappa shape index (κ1) is 17.0. The van der Waals surface area contributed by atoms with Crippen molar-refractivity contribution in [2.45, 2.75) is 0 Å². The maximum Gasteiger partial charge on any atom is 0.272 e. The second-order valence-corrected chi connectivity index (χ2v) is 5.38. The molecule has 0 aliphatic rings. The van der Waals surface area contributed by atoms with E-state index in [0.717, 1.165) is 11.3 Å². The molecule has 6 nitrogen and oxygen atoms in total. The molecule has 0 spiro atoms. The molecular formula is C20H16N4O2. The maximum atomic E-state index is 12.2. The van der Waals surface area contributed by atoms with Crippen molar-refractivity contribution >= 4 is 23.7 Å². The fourth-order valence-electron chi connectivity index (χ4n) is 2.17. The number of pyridine rings is 1. The topological polar surface area (TPSA) is 83.5 Å². The van der Waals surface area contributed by atoms with Gasteiger partial charge in [0.25, 0.3) is 11.8 Å². The zero-order chi connectivity index (χ0) is 18.2. The minimum Gasteiger partial charge on any atom is -0.322 e. The van der Waals surface area contributed by atoms with Crippen LogP contribution in [0.5, 0.6) is 0 Å². The number of benzene rings is 2. The van der Waals surface area contributed by atoms with E-state index in [-0.39, 0.29) is 11.8 Å². The molecule has 2 N–H and O–H groups in total. The lowest BCUT2D eigenvalue weighted by Gasteiger charge is -2.05. The SMILES string of the molecule is O=C(N/N=C/c1ccc(C(=O)Nc2ccccc2)cc1)c1cccnc1. The van der Waals surface area contributed by atoms with E-state index in [4.69, 9.17) is 0 Å². The predicted octanol–water partition coefficient (Wildman–Crippen LogP) is 3.10. The first-order valence-corrected chi connectivity index (χ1v) is 7.92. The van der Waals surface area contributed by atoms with Gasteiger partial charge in [0.15, 0.2) is 0 Å². The van der Waals surface area contributed by atoms with Crippen LogP contribution in [0.1, 0.15) is 26.3 Å². The third-order valence-electron chi connectivity index (χ3n) is 3.51. The molecule has 0 aliphatic carbocycles. The van der Waals surface area contributed by atoms with Crippen LogP contribution in [0.4, 0.5) is 5.69 Å². The number of amides is 2. The Hall–Kier alpha value is -3.80. The molecule has 0 saturated heterocycles. The van der Waals surface area contributed by atoms with Crippen molar-refractivity contribution in [1.82, 2.24) is 10.4 Å². The number of aromatic nitrogens is 1. The summed E-state index contributed by atoms with van der Waals surface area (Å²) in [5, 5.41) is 6.73. The van der Waals surface area contributed by atoms with Gasteiger partial charge in [-0.2, -0.15) is 5.10 Å². The molecule has 26 heavy (non-hydrogen) atoms. The highest BCUT2D eigenvalue weighted by Crippen LogP contribution is 2.09. The fourth-order valence-corrected chi connectivity index (χ4v) is 2.17. The Morgan fingerprint density at radius 1 is 0.846 bits per heavy atom. The summed E-state index contributed by atoms with van der Waals surface area (Å²) in [6.45, 7) is 0. The molecular weight excluding hydrogens is 328 g/mol. The van der Waals surface area contributed by atoms with Crippen LogP contribution in [0.15, 0.2) is 84.2 Å². The molecule has 0 atom stereocenters. The average Bonchev–Trinajstić information content (AvgIpc) is 2.70. The Morgan fingerprint density at radius 3 is 2.31 bits per heavy atom. The van der Waals surface area contributed by atoms with Gasteiger partial charge in [-0.05, 0) is 42.0 Å². The third-order valence-corrected chi connectivity index (χ3v) is 3.51. The fraction of sp³-hybridized carbons (Fsp3) is 0. The molecule has 1 heterocycles. The molecule has 0 fully saturated rings. The van der Waals surface area contributed by atoms with Gasteiger partial charge in [-0.3, -0.25) is 14.6 Å². The van der Waals surface area contributed by atoms with Gasteiger partial charge in [0.05, 0.1) is 11.8 Å². The van der Waals surface area contributed by atoms with E-state index in [1.807, 2.05) is 30.3 Å². The van der Waals surface area contributed by atoms with Crippen LogP contribution in [-0.2, 0) is 0 Å². The largest absolute Gasteiger partial charge is 0.322 e. The van der Waals surface area contributed by atoms with Crippen molar-refractivity contribution in [1.29, 1.82) is 0 Å². The van der Waals surface area contributed by atoms with E-state index in [2.05, 4.69) is 20.8 Å². The van der Waals surface area contributed by atoms with Crippen LogP contribution >= 0.6 is 0 Å². The molecule has 3 aromatic rings. The zero-order valence-corrected chi connectivity index (χ0v) is 13.8. The van der Waals surface area contributed by atoms with E-state index >= 15 is 0 Å². The van der Waals surface area contributed by atoms with Crippen LogP contribution < -0.4 is 10.7 Å². The first-order chi connectivity index (χ1) is 12.7. The predicted molar refractivity (Wildman–Crippen MR) is 100 cm³/mol. The van der Waals surface area contributed by atoms with Crippen molar-refractivity contribution in [3.63, 3.8) is 0 Å². The number of nitrogens with one attached hydrogen (secondary N) is 2. The highest BCUT2D eigenvalue weighted by atomic mass is 16.2. The lowest BCUT2D eigenvalue weighted by atomic mass is 10.1. The molecule has 6 heteroatoms.